The lowest BCUT2D eigenvalue weighted by Crippen LogP contribution is -2.52. The normalized spacial score (nSPS) is 36.0. The molecule has 0 aromatic carbocycles. The van der Waals surface area contributed by atoms with Crippen molar-refractivity contribution in [1.29, 1.82) is 0 Å². The predicted octanol–water partition coefficient (Wildman–Crippen LogP) is 4.37. The standard InChI is InChI=1S/C18H21BrO4/c1-10(22-17(21)14-2-3-15(19)23-14)16(20)18-7-11-4-12(8-18)6-13(5-11)9-18/h2-3,10-13H,4-9H2,1H3/t10-,11?,12?,13?,18?/m0/s1. The second kappa shape index (κ2) is 5.47. The number of rotatable bonds is 4. The van der Waals surface area contributed by atoms with Gasteiger partial charge in [-0.3, -0.25) is 4.79 Å². The largest absolute Gasteiger partial charge is 0.449 e. The van der Waals surface area contributed by atoms with E-state index in [1.807, 2.05) is 0 Å². The summed E-state index contributed by atoms with van der Waals surface area (Å²) in [6.07, 6.45) is 6.15. The molecule has 4 nitrogen and oxygen atoms in total. The van der Waals surface area contributed by atoms with Gasteiger partial charge in [0, 0.05) is 5.41 Å². The molecule has 1 atom stereocenters. The van der Waals surface area contributed by atoms with Gasteiger partial charge in [0.1, 0.15) is 0 Å². The summed E-state index contributed by atoms with van der Waals surface area (Å²) in [6, 6.07) is 3.19. The summed E-state index contributed by atoms with van der Waals surface area (Å²) in [5.41, 5.74) is -0.238. The summed E-state index contributed by atoms with van der Waals surface area (Å²) in [5.74, 6) is 1.79. The van der Waals surface area contributed by atoms with E-state index in [0.29, 0.717) is 22.4 Å². The fourth-order valence-electron chi connectivity index (χ4n) is 5.54. The first-order valence-corrected chi connectivity index (χ1v) is 9.25. The van der Waals surface area contributed by atoms with Crippen molar-refractivity contribution >= 4 is 27.7 Å². The molecule has 1 aromatic rings. The molecule has 0 saturated heterocycles. The van der Waals surface area contributed by atoms with Crippen molar-refractivity contribution in [3.05, 3.63) is 22.6 Å². The summed E-state index contributed by atoms with van der Waals surface area (Å²) in [4.78, 5) is 25.2. The van der Waals surface area contributed by atoms with E-state index < -0.39 is 12.1 Å². The highest BCUT2D eigenvalue weighted by atomic mass is 79.9. The van der Waals surface area contributed by atoms with Crippen molar-refractivity contribution in [3.8, 4) is 0 Å². The molecule has 0 aliphatic heterocycles. The molecular weight excluding hydrogens is 360 g/mol. The zero-order valence-corrected chi connectivity index (χ0v) is 14.8. The molecule has 5 rings (SSSR count). The number of furan rings is 1. The Morgan fingerprint density at radius 3 is 2.22 bits per heavy atom. The molecule has 4 aliphatic carbocycles. The second-order valence-corrected chi connectivity index (χ2v) is 8.50. The highest BCUT2D eigenvalue weighted by Crippen LogP contribution is 2.60. The molecule has 23 heavy (non-hydrogen) atoms. The fourth-order valence-corrected chi connectivity index (χ4v) is 5.85. The summed E-state index contributed by atoms with van der Waals surface area (Å²) >= 11 is 3.16. The van der Waals surface area contributed by atoms with Crippen LogP contribution < -0.4 is 0 Å². The number of hydrogen-bond donors (Lipinski definition) is 0. The Balaban J connectivity index is 1.47. The Labute approximate surface area is 144 Å². The first-order chi connectivity index (χ1) is 10.9. The number of ketones is 1. The number of esters is 1. The van der Waals surface area contributed by atoms with Gasteiger partial charge in [0.05, 0.1) is 0 Å². The number of carbonyl (C=O) groups is 2. The maximum Gasteiger partial charge on any atom is 0.374 e. The highest BCUT2D eigenvalue weighted by molar-refractivity contribution is 9.10. The van der Waals surface area contributed by atoms with Crippen LogP contribution in [0.3, 0.4) is 0 Å². The zero-order chi connectivity index (χ0) is 16.2. The van der Waals surface area contributed by atoms with Gasteiger partial charge in [-0.25, -0.2) is 4.79 Å². The number of Topliss-reactive ketones (excluding diaryl/α,β-unsaturated/α-hetero) is 1. The lowest BCUT2D eigenvalue weighted by atomic mass is 9.48. The van der Waals surface area contributed by atoms with E-state index in [9.17, 15) is 9.59 Å². The molecule has 1 aromatic heterocycles. The van der Waals surface area contributed by atoms with E-state index in [0.717, 1.165) is 19.3 Å². The van der Waals surface area contributed by atoms with E-state index in [1.165, 1.54) is 19.3 Å². The van der Waals surface area contributed by atoms with Crippen molar-refractivity contribution in [3.63, 3.8) is 0 Å². The van der Waals surface area contributed by atoms with Crippen LogP contribution in [-0.2, 0) is 9.53 Å². The minimum absolute atomic E-state index is 0.121. The van der Waals surface area contributed by atoms with Gasteiger partial charge in [0.25, 0.3) is 0 Å². The average molecular weight is 381 g/mol. The number of carbonyl (C=O) groups excluding carboxylic acids is 2. The molecule has 4 fully saturated rings. The van der Waals surface area contributed by atoms with Crippen LogP contribution in [0.4, 0.5) is 0 Å². The third-order valence-electron chi connectivity index (χ3n) is 5.99. The molecule has 0 radical (unpaired) electrons. The van der Waals surface area contributed by atoms with Crippen LogP contribution in [0.15, 0.2) is 21.2 Å². The van der Waals surface area contributed by atoms with E-state index in [-0.39, 0.29) is 17.0 Å². The van der Waals surface area contributed by atoms with Gasteiger partial charge in [-0.15, -0.1) is 0 Å². The Bertz CT molecular complexity index is 612. The maximum atomic E-state index is 13.1. The van der Waals surface area contributed by atoms with Gasteiger partial charge in [-0.2, -0.15) is 0 Å². The fraction of sp³-hybridized carbons (Fsp3) is 0.667. The lowest BCUT2D eigenvalue weighted by molar-refractivity contribution is -0.152. The number of ether oxygens (including phenoxy) is 1. The first kappa shape index (κ1) is 15.4. The maximum absolute atomic E-state index is 13.1. The van der Waals surface area contributed by atoms with Gasteiger partial charge < -0.3 is 9.15 Å². The Kier molecular flexibility index (Phi) is 3.67. The smallest absolute Gasteiger partial charge is 0.374 e. The minimum atomic E-state index is -0.706. The van der Waals surface area contributed by atoms with Crippen molar-refractivity contribution in [2.75, 3.05) is 0 Å². The Morgan fingerprint density at radius 2 is 1.74 bits per heavy atom. The van der Waals surface area contributed by atoms with Gasteiger partial charge in [-0.1, -0.05) is 0 Å². The average Bonchev–Trinajstić information content (AvgIpc) is 2.91. The van der Waals surface area contributed by atoms with Crippen molar-refractivity contribution in [1.82, 2.24) is 0 Å². The topological polar surface area (TPSA) is 56.5 Å². The van der Waals surface area contributed by atoms with Crippen molar-refractivity contribution in [2.24, 2.45) is 23.2 Å². The van der Waals surface area contributed by atoms with Crippen LogP contribution in [0.1, 0.15) is 56.0 Å². The molecule has 1 heterocycles. The predicted molar refractivity (Wildman–Crippen MR) is 86.9 cm³/mol. The molecule has 124 valence electrons. The lowest BCUT2D eigenvalue weighted by Gasteiger charge is -2.56. The molecule has 4 saturated carbocycles. The molecule has 0 N–H and O–H groups in total. The van der Waals surface area contributed by atoms with Crippen molar-refractivity contribution in [2.45, 2.75) is 51.6 Å². The second-order valence-electron chi connectivity index (χ2n) is 7.71. The molecule has 0 spiro atoms. The van der Waals surface area contributed by atoms with Crippen LogP contribution in [0.25, 0.3) is 0 Å². The van der Waals surface area contributed by atoms with Crippen molar-refractivity contribution < 1.29 is 18.7 Å². The van der Waals surface area contributed by atoms with E-state index in [1.54, 1.807) is 19.1 Å². The summed E-state index contributed by atoms with van der Waals surface area (Å²) in [6.45, 7) is 1.71. The van der Waals surface area contributed by atoms with Crippen LogP contribution in [0.2, 0.25) is 0 Å². The number of hydrogen-bond acceptors (Lipinski definition) is 4. The molecule has 0 amide bonds. The molecule has 0 unspecified atom stereocenters. The van der Waals surface area contributed by atoms with E-state index in [4.69, 9.17) is 9.15 Å². The summed E-state index contributed by atoms with van der Waals surface area (Å²) in [5, 5.41) is 0. The minimum Gasteiger partial charge on any atom is -0.449 e. The highest BCUT2D eigenvalue weighted by Gasteiger charge is 2.55. The summed E-state index contributed by atoms with van der Waals surface area (Å²) < 4.78 is 11.1. The number of halogens is 1. The van der Waals surface area contributed by atoms with Crippen LogP contribution >= 0.6 is 15.9 Å². The molecule has 4 bridgehead atoms. The van der Waals surface area contributed by atoms with Gasteiger partial charge in [0.15, 0.2) is 16.6 Å². The van der Waals surface area contributed by atoms with Crippen LogP contribution in [-0.4, -0.2) is 17.9 Å². The zero-order valence-electron chi connectivity index (χ0n) is 13.2. The first-order valence-electron chi connectivity index (χ1n) is 8.46. The Hall–Kier alpha value is -1.10. The summed E-state index contributed by atoms with van der Waals surface area (Å²) in [7, 11) is 0. The third kappa shape index (κ3) is 2.67. The SMILES string of the molecule is C[C@H](OC(=O)c1ccc(Br)o1)C(=O)C12CC3CC(CC(C3)C1)C2. The quantitative estimate of drug-likeness (QED) is 0.727. The van der Waals surface area contributed by atoms with Crippen LogP contribution in [0, 0.1) is 23.2 Å². The monoisotopic (exact) mass is 380 g/mol. The van der Waals surface area contributed by atoms with E-state index >= 15 is 0 Å². The van der Waals surface area contributed by atoms with Gasteiger partial charge >= 0.3 is 5.97 Å². The third-order valence-corrected chi connectivity index (χ3v) is 6.41. The van der Waals surface area contributed by atoms with Gasteiger partial charge in [0.2, 0.25) is 5.76 Å². The molecular formula is C18H21BrO4. The van der Waals surface area contributed by atoms with Gasteiger partial charge in [-0.05, 0) is 91.3 Å². The molecule has 5 heteroatoms. The Morgan fingerprint density at radius 1 is 1.17 bits per heavy atom. The molecule has 4 aliphatic rings. The van der Waals surface area contributed by atoms with Crippen LogP contribution in [0.5, 0.6) is 0 Å². The van der Waals surface area contributed by atoms with E-state index in [2.05, 4.69) is 15.9 Å².